The first-order valence-electron chi connectivity index (χ1n) is 6.98. The van der Waals surface area contributed by atoms with E-state index in [-0.39, 0.29) is 17.3 Å². The number of carbonyl (C=O) groups excluding carboxylic acids is 1. The summed E-state index contributed by atoms with van der Waals surface area (Å²) in [6.07, 6.45) is 2.66. The summed E-state index contributed by atoms with van der Waals surface area (Å²) in [6.45, 7) is 3.04. The molecule has 0 fully saturated rings. The SMILES string of the molecule is CCCOc1cc(NCCCCC(N)=O)ccc1[N+](=O)[O-]. The van der Waals surface area contributed by atoms with Gasteiger partial charge in [0.15, 0.2) is 5.75 Å². The fourth-order valence-corrected chi connectivity index (χ4v) is 1.76. The first-order chi connectivity index (χ1) is 10.0. The first kappa shape index (κ1) is 16.7. The minimum absolute atomic E-state index is 0.0391. The lowest BCUT2D eigenvalue weighted by atomic mass is 10.2. The highest BCUT2D eigenvalue weighted by molar-refractivity contribution is 5.73. The van der Waals surface area contributed by atoms with Crippen LogP contribution in [0.15, 0.2) is 18.2 Å². The van der Waals surface area contributed by atoms with Crippen LogP contribution in [0.5, 0.6) is 5.75 Å². The van der Waals surface area contributed by atoms with Crippen LogP contribution < -0.4 is 15.8 Å². The molecule has 0 saturated heterocycles. The average molecular weight is 295 g/mol. The van der Waals surface area contributed by atoms with Crippen LogP contribution in [0.1, 0.15) is 32.6 Å². The maximum absolute atomic E-state index is 10.9. The molecule has 0 aliphatic carbocycles. The van der Waals surface area contributed by atoms with Crippen molar-refractivity contribution in [3.8, 4) is 5.75 Å². The predicted octanol–water partition coefficient (Wildman–Crippen LogP) is 2.45. The van der Waals surface area contributed by atoms with Gasteiger partial charge in [-0.2, -0.15) is 0 Å². The van der Waals surface area contributed by atoms with Crippen molar-refractivity contribution in [3.05, 3.63) is 28.3 Å². The Labute approximate surface area is 123 Å². The summed E-state index contributed by atoms with van der Waals surface area (Å²) in [4.78, 5) is 21.1. The number of anilines is 1. The van der Waals surface area contributed by atoms with Gasteiger partial charge >= 0.3 is 5.69 Å². The third kappa shape index (κ3) is 6.11. The molecule has 0 aromatic heterocycles. The molecule has 0 spiro atoms. The molecule has 0 heterocycles. The van der Waals surface area contributed by atoms with Crippen LogP contribution in [0.3, 0.4) is 0 Å². The maximum atomic E-state index is 10.9. The number of amides is 1. The number of hydrogen-bond donors (Lipinski definition) is 2. The number of nitrogens with zero attached hydrogens (tertiary/aromatic N) is 1. The fourth-order valence-electron chi connectivity index (χ4n) is 1.76. The molecule has 7 nitrogen and oxygen atoms in total. The molecule has 21 heavy (non-hydrogen) atoms. The minimum Gasteiger partial charge on any atom is -0.487 e. The molecule has 0 atom stereocenters. The van der Waals surface area contributed by atoms with Gasteiger partial charge in [0.05, 0.1) is 11.5 Å². The van der Waals surface area contributed by atoms with Crippen molar-refractivity contribution in [2.45, 2.75) is 32.6 Å². The Hall–Kier alpha value is -2.31. The minimum atomic E-state index is -0.457. The van der Waals surface area contributed by atoms with Crippen molar-refractivity contribution in [1.29, 1.82) is 0 Å². The number of rotatable bonds is 10. The van der Waals surface area contributed by atoms with Crippen molar-refractivity contribution in [2.24, 2.45) is 5.73 Å². The number of unbranched alkanes of at least 4 members (excludes halogenated alkanes) is 1. The molecule has 1 aromatic rings. The third-order valence-corrected chi connectivity index (χ3v) is 2.80. The highest BCUT2D eigenvalue weighted by atomic mass is 16.6. The molecule has 1 aromatic carbocycles. The second kappa shape index (κ2) is 8.78. The Bertz CT molecular complexity index is 491. The van der Waals surface area contributed by atoms with Crippen molar-refractivity contribution in [2.75, 3.05) is 18.5 Å². The molecular formula is C14H21N3O4. The third-order valence-electron chi connectivity index (χ3n) is 2.80. The molecule has 0 radical (unpaired) electrons. The molecule has 0 bridgehead atoms. The number of nitrogens with two attached hydrogens (primary N) is 1. The van der Waals surface area contributed by atoms with Gasteiger partial charge in [-0.25, -0.2) is 0 Å². The lowest BCUT2D eigenvalue weighted by Gasteiger charge is -2.09. The Morgan fingerprint density at radius 3 is 2.81 bits per heavy atom. The Balaban J connectivity index is 2.58. The van der Waals surface area contributed by atoms with E-state index in [4.69, 9.17) is 10.5 Å². The molecule has 3 N–H and O–H groups in total. The monoisotopic (exact) mass is 295 g/mol. The van der Waals surface area contributed by atoms with Crippen molar-refractivity contribution in [3.63, 3.8) is 0 Å². The number of nitrogens with one attached hydrogen (secondary N) is 1. The zero-order chi connectivity index (χ0) is 15.7. The highest BCUT2D eigenvalue weighted by Gasteiger charge is 2.15. The standard InChI is InChI=1S/C14H21N3O4/c1-2-9-21-13-10-11(6-7-12(13)17(19)20)16-8-4-3-5-14(15)18/h6-7,10,16H,2-5,8-9H2,1H3,(H2,15,18). The molecule has 1 rings (SSSR count). The molecule has 0 aliphatic rings. The van der Waals surface area contributed by atoms with Gasteiger partial charge in [0.2, 0.25) is 5.91 Å². The van der Waals surface area contributed by atoms with E-state index in [0.717, 1.165) is 18.5 Å². The van der Waals surface area contributed by atoms with Crippen LogP contribution >= 0.6 is 0 Å². The van der Waals surface area contributed by atoms with Crippen LogP contribution in [-0.2, 0) is 4.79 Å². The van der Waals surface area contributed by atoms with Crippen LogP contribution in [-0.4, -0.2) is 24.0 Å². The predicted molar refractivity (Wildman–Crippen MR) is 80.4 cm³/mol. The van der Waals surface area contributed by atoms with E-state index in [2.05, 4.69) is 5.32 Å². The van der Waals surface area contributed by atoms with Crippen LogP contribution in [0.4, 0.5) is 11.4 Å². The number of nitro benzene ring substituents is 1. The van der Waals surface area contributed by atoms with Crippen molar-refractivity contribution >= 4 is 17.3 Å². The van der Waals surface area contributed by atoms with E-state index < -0.39 is 4.92 Å². The van der Waals surface area contributed by atoms with E-state index in [1.807, 2.05) is 6.92 Å². The summed E-state index contributed by atoms with van der Waals surface area (Å²) < 4.78 is 5.40. The molecular weight excluding hydrogens is 274 g/mol. The van der Waals surface area contributed by atoms with E-state index in [1.54, 1.807) is 12.1 Å². The molecule has 1 amide bonds. The number of primary amides is 1. The Kier molecular flexibility index (Phi) is 7.00. The van der Waals surface area contributed by atoms with Crippen LogP contribution in [0.25, 0.3) is 0 Å². The van der Waals surface area contributed by atoms with Gasteiger partial charge in [-0.05, 0) is 25.3 Å². The Morgan fingerprint density at radius 1 is 1.43 bits per heavy atom. The van der Waals surface area contributed by atoms with Crippen molar-refractivity contribution in [1.82, 2.24) is 0 Å². The van der Waals surface area contributed by atoms with Crippen LogP contribution in [0, 0.1) is 10.1 Å². The van der Waals surface area contributed by atoms with Crippen LogP contribution in [0.2, 0.25) is 0 Å². The second-order valence-corrected chi connectivity index (χ2v) is 4.64. The Morgan fingerprint density at radius 2 is 2.19 bits per heavy atom. The number of nitro groups is 1. The zero-order valence-corrected chi connectivity index (χ0v) is 12.1. The summed E-state index contributed by atoms with van der Waals surface area (Å²) in [5, 5.41) is 14.1. The highest BCUT2D eigenvalue weighted by Crippen LogP contribution is 2.30. The number of benzene rings is 1. The molecule has 0 saturated carbocycles. The van der Waals surface area contributed by atoms with E-state index in [1.165, 1.54) is 6.07 Å². The largest absolute Gasteiger partial charge is 0.487 e. The van der Waals surface area contributed by atoms with Gasteiger partial charge in [0, 0.05) is 30.8 Å². The maximum Gasteiger partial charge on any atom is 0.311 e. The summed E-state index contributed by atoms with van der Waals surface area (Å²) in [7, 11) is 0. The summed E-state index contributed by atoms with van der Waals surface area (Å²) in [5.41, 5.74) is 5.77. The fraction of sp³-hybridized carbons (Fsp3) is 0.500. The number of hydrogen-bond acceptors (Lipinski definition) is 5. The van der Waals surface area contributed by atoms with Gasteiger partial charge < -0.3 is 15.8 Å². The quantitative estimate of drug-likeness (QED) is 0.391. The lowest BCUT2D eigenvalue weighted by Crippen LogP contribution is -2.11. The number of carbonyl (C=O) groups is 1. The van der Waals surface area contributed by atoms with Crippen molar-refractivity contribution < 1.29 is 14.5 Å². The molecule has 7 heteroatoms. The molecule has 116 valence electrons. The van der Waals surface area contributed by atoms with Gasteiger partial charge in [-0.1, -0.05) is 6.92 Å². The van der Waals surface area contributed by atoms with E-state index >= 15 is 0 Å². The first-order valence-corrected chi connectivity index (χ1v) is 6.98. The topological polar surface area (TPSA) is 107 Å². The van der Waals surface area contributed by atoms with E-state index in [0.29, 0.717) is 26.0 Å². The molecule has 0 unspecified atom stereocenters. The van der Waals surface area contributed by atoms with Gasteiger partial charge in [0.1, 0.15) is 0 Å². The summed E-state index contributed by atoms with van der Waals surface area (Å²) in [5.74, 6) is -0.0374. The van der Waals surface area contributed by atoms with Gasteiger partial charge in [-0.15, -0.1) is 0 Å². The smallest absolute Gasteiger partial charge is 0.311 e. The van der Waals surface area contributed by atoms with E-state index in [9.17, 15) is 14.9 Å². The zero-order valence-electron chi connectivity index (χ0n) is 12.1. The summed E-state index contributed by atoms with van der Waals surface area (Å²) in [6, 6.07) is 4.70. The normalized spacial score (nSPS) is 10.1. The van der Waals surface area contributed by atoms with Gasteiger partial charge in [0.25, 0.3) is 0 Å². The summed E-state index contributed by atoms with van der Waals surface area (Å²) >= 11 is 0. The second-order valence-electron chi connectivity index (χ2n) is 4.64. The lowest BCUT2D eigenvalue weighted by molar-refractivity contribution is -0.385. The average Bonchev–Trinajstić information content (AvgIpc) is 2.44. The number of ether oxygens (including phenoxy) is 1. The molecule has 0 aliphatic heterocycles. The van der Waals surface area contributed by atoms with Gasteiger partial charge in [-0.3, -0.25) is 14.9 Å².